The third-order valence-corrected chi connectivity index (χ3v) is 10.8. The van der Waals surface area contributed by atoms with Gasteiger partial charge in [-0.25, -0.2) is 0 Å². The molecule has 156 valence electrons. The molecule has 0 N–H and O–H groups in total. The molecule has 0 bridgehead atoms. The molecule has 0 radical (unpaired) electrons. The summed E-state index contributed by atoms with van der Waals surface area (Å²) in [7, 11) is 0. The van der Waals surface area contributed by atoms with Crippen molar-refractivity contribution >= 4 is 0 Å². The van der Waals surface area contributed by atoms with Crippen molar-refractivity contribution in [2.45, 2.75) is 118 Å². The smallest absolute Gasteiger partial charge is 0.0261 e. The monoisotopic (exact) mass is 372 g/mol. The van der Waals surface area contributed by atoms with Crippen molar-refractivity contribution in [2.75, 3.05) is 0 Å². The van der Waals surface area contributed by atoms with Gasteiger partial charge in [0.2, 0.25) is 0 Å². The second-order valence-corrected chi connectivity index (χ2v) is 12.4. The number of hydrogen-bond acceptors (Lipinski definition) is 0. The molecule has 4 aliphatic rings. The molecule has 8 unspecified atom stereocenters. The predicted molar refractivity (Wildman–Crippen MR) is 118 cm³/mol. The van der Waals surface area contributed by atoms with Crippen LogP contribution in [0.15, 0.2) is 0 Å². The minimum atomic E-state index is 0.678. The fraction of sp³-hybridized carbons (Fsp3) is 1.00. The summed E-state index contributed by atoms with van der Waals surface area (Å²) in [6, 6.07) is 0. The van der Waals surface area contributed by atoms with E-state index in [-0.39, 0.29) is 0 Å². The van der Waals surface area contributed by atoms with Crippen LogP contribution in [0.2, 0.25) is 0 Å². The minimum absolute atomic E-state index is 0.678. The zero-order valence-electron chi connectivity index (χ0n) is 19.2. The normalized spacial score (nSPS) is 48.0. The van der Waals surface area contributed by atoms with E-state index in [1.165, 1.54) is 32.1 Å². The van der Waals surface area contributed by atoms with E-state index in [1.807, 2.05) is 0 Å². The molecule has 0 aromatic rings. The lowest BCUT2D eigenvalue weighted by atomic mass is 9.41. The van der Waals surface area contributed by atoms with Crippen LogP contribution in [0.1, 0.15) is 118 Å². The molecule has 0 heterocycles. The van der Waals surface area contributed by atoms with Gasteiger partial charge in [0.05, 0.1) is 0 Å². The topological polar surface area (TPSA) is 0 Å². The Morgan fingerprint density at radius 1 is 0.778 bits per heavy atom. The summed E-state index contributed by atoms with van der Waals surface area (Å²) in [4.78, 5) is 0. The first-order valence-corrected chi connectivity index (χ1v) is 12.9. The van der Waals surface area contributed by atoms with Crippen LogP contribution in [-0.2, 0) is 0 Å². The largest absolute Gasteiger partial charge is 0.0628 e. The summed E-state index contributed by atoms with van der Waals surface area (Å²) in [5, 5.41) is 0. The van der Waals surface area contributed by atoms with Crippen molar-refractivity contribution in [1.82, 2.24) is 0 Å². The van der Waals surface area contributed by atoms with E-state index in [4.69, 9.17) is 0 Å². The Kier molecular flexibility index (Phi) is 5.77. The van der Waals surface area contributed by atoms with Gasteiger partial charge in [0, 0.05) is 0 Å². The molecule has 4 fully saturated rings. The lowest BCUT2D eigenvalue weighted by molar-refractivity contribution is -0.143. The molecule has 0 aromatic heterocycles. The van der Waals surface area contributed by atoms with Gasteiger partial charge < -0.3 is 0 Å². The highest BCUT2D eigenvalue weighted by Gasteiger charge is 2.61. The van der Waals surface area contributed by atoms with Crippen molar-refractivity contribution in [3.8, 4) is 0 Å². The Bertz CT molecular complexity index is 506. The van der Waals surface area contributed by atoms with Crippen molar-refractivity contribution in [2.24, 2.45) is 52.3 Å². The number of fused-ring (bicyclic) bond motifs is 5. The number of rotatable bonds is 5. The van der Waals surface area contributed by atoms with Crippen LogP contribution in [0.25, 0.3) is 0 Å². The molecule has 0 nitrogen and oxygen atoms in total. The van der Waals surface area contributed by atoms with Gasteiger partial charge in [-0.1, -0.05) is 66.7 Å². The highest BCUT2D eigenvalue weighted by Crippen LogP contribution is 2.69. The summed E-state index contributed by atoms with van der Waals surface area (Å²) < 4.78 is 0. The maximum absolute atomic E-state index is 2.77. The Balaban J connectivity index is 1.46. The molecule has 0 aromatic carbocycles. The molecule has 0 saturated heterocycles. The van der Waals surface area contributed by atoms with E-state index in [9.17, 15) is 0 Å². The Labute approximate surface area is 170 Å². The fourth-order valence-electron chi connectivity index (χ4n) is 9.34. The molecule has 4 rings (SSSR count). The second kappa shape index (κ2) is 7.68. The average Bonchev–Trinajstić information content (AvgIpc) is 3.06. The highest BCUT2D eigenvalue weighted by atomic mass is 14.7. The van der Waals surface area contributed by atoms with Gasteiger partial charge in [0.15, 0.2) is 0 Å². The lowest BCUT2D eigenvalue weighted by Crippen LogP contribution is -2.55. The summed E-state index contributed by atoms with van der Waals surface area (Å²) in [5.41, 5.74) is 1.37. The molecule has 27 heavy (non-hydrogen) atoms. The number of hydrogen-bond donors (Lipinski definition) is 0. The summed E-state index contributed by atoms with van der Waals surface area (Å²) in [5.74, 6) is 7.15. The first kappa shape index (κ1) is 20.3. The Morgan fingerprint density at radius 3 is 2.37 bits per heavy atom. The van der Waals surface area contributed by atoms with Crippen LogP contribution in [0.4, 0.5) is 0 Å². The molecule has 8 atom stereocenters. The summed E-state index contributed by atoms with van der Waals surface area (Å²) >= 11 is 0. The SMILES string of the molecule is CC(C)CCCC(C)C1CCC2C1CCC1C3(C)CCCCC3CCC21C. The molecule has 4 saturated carbocycles. The zero-order valence-corrected chi connectivity index (χ0v) is 19.2. The van der Waals surface area contributed by atoms with E-state index in [2.05, 4.69) is 34.6 Å². The second-order valence-electron chi connectivity index (χ2n) is 12.4. The van der Waals surface area contributed by atoms with Gasteiger partial charge in [-0.3, -0.25) is 0 Å². The van der Waals surface area contributed by atoms with E-state index in [1.54, 1.807) is 51.4 Å². The Hall–Kier alpha value is 0. The van der Waals surface area contributed by atoms with Crippen molar-refractivity contribution < 1.29 is 0 Å². The van der Waals surface area contributed by atoms with Crippen molar-refractivity contribution in [3.63, 3.8) is 0 Å². The van der Waals surface area contributed by atoms with Gasteiger partial charge in [-0.15, -0.1) is 0 Å². The quantitative estimate of drug-likeness (QED) is 0.453. The van der Waals surface area contributed by atoms with Gasteiger partial charge in [0.1, 0.15) is 0 Å². The lowest BCUT2D eigenvalue weighted by Gasteiger charge is -2.63. The van der Waals surface area contributed by atoms with Crippen molar-refractivity contribution in [3.05, 3.63) is 0 Å². The highest BCUT2D eigenvalue weighted by molar-refractivity contribution is 5.10. The first-order chi connectivity index (χ1) is 12.9. The predicted octanol–water partition coefficient (Wildman–Crippen LogP) is 8.50. The molecule has 0 heteroatoms. The fourth-order valence-corrected chi connectivity index (χ4v) is 9.34. The maximum Gasteiger partial charge on any atom is -0.0261 e. The van der Waals surface area contributed by atoms with Gasteiger partial charge in [-0.05, 0) is 104 Å². The third-order valence-electron chi connectivity index (χ3n) is 10.8. The van der Waals surface area contributed by atoms with E-state index in [0.717, 1.165) is 41.4 Å². The third kappa shape index (κ3) is 3.44. The minimum Gasteiger partial charge on any atom is -0.0628 e. The van der Waals surface area contributed by atoms with Gasteiger partial charge in [0.25, 0.3) is 0 Å². The molecule has 4 aliphatic carbocycles. The molecular weight excluding hydrogens is 324 g/mol. The van der Waals surface area contributed by atoms with Crippen molar-refractivity contribution in [1.29, 1.82) is 0 Å². The van der Waals surface area contributed by atoms with Gasteiger partial charge >= 0.3 is 0 Å². The average molecular weight is 373 g/mol. The van der Waals surface area contributed by atoms with Crippen LogP contribution in [0.5, 0.6) is 0 Å². The van der Waals surface area contributed by atoms with Crippen LogP contribution in [-0.4, -0.2) is 0 Å². The first-order valence-electron chi connectivity index (χ1n) is 12.9. The van der Waals surface area contributed by atoms with E-state index >= 15 is 0 Å². The molecule has 0 aliphatic heterocycles. The summed E-state index contributed by atoms with van der Waals surface area (Å²) in [6.45, 7) is 12.9. The maximum atomic E-state index is 2.77. The zero-order chi connectivity index (χ0) is 19.2. The summed E-state index contributed by atoms with van der Waals surface area (Å²) in [6.07, 6.45) is 19.9. The van der Waals surface area contributed by atoms with E-state index in [0.29, 0.717) is 10.8 Å². The molecular formula is C27H48. The van der Waals surface area contributed by atoms with Crippen LogP contribution in [0.3, 0.4) is 0 Å². The van der Waals surface area contributed by atoms with Crippen LogP contribution in [0, 0.1) is 52.3 Å². The standard InChI is InChI=1S/C27H48/c1-19(2)9-8-10-20(3)22-12-14-24-23(22)13-15-25-26(4)17-7-6-11-21(26)16-18-27(24,25)5/h19-25H,6-18H2,1-5H3. The van der Waals surface area contributed by atoms with Gasteiger partial charge in [-0.2, -0.15) is 0 Å². The Morgan fingerprint density at radius 2 is 1.59 bits per heavy atom. The van der Waals surface area contributed by atoms with Crippen LogP contribution < -0.4 is 0 Å². The molecule has 0 amide bonds. The van der Waals surface area contributed by atoms with Crippen LogP contribution >= 0.6 is 0 Å². The van der Waals surface area contributed by atoms with E-state index < -0.39 is 0 Å². The molecule has 0 spiro atoms.